The topological polar surface area (TPSA) is 40.9 Å². The molecule has 40 heavy (non-hydrogen) atoms. The molecule has 0 radical (unpaired) electrons. The summed E-state index contributed by atoms with van der Waals surface area (Å²) in [5, 5.41) is 0. The van der Waals surface area contributed by atoms with Crippen LogP contribution in [0, 0.1) is 19.7 Å². The van der Waals surface area contributed by atoms with Gasteiger partial charge in [-0.25, -0.2) is 9.37 Å². The van der Waals surface area contributed by atoms with Crippen molar-refractivity contribution in [3.63, 3.8) is 0 Å². The highest BCUT2D eigenvalue weighted by atomic mass is 19.1. The number of pyridine rings is 1. The number of nitrogens with zero attached hydrogens (tertiary/aromatic N) is 4. The van der Waals surface area contributed by atoms with Gasteiger partial charge in [0.25, 0.3) is 0 Å². The molecule has 1 fully saturated rings. The number of halogens is 1. The minimum atomic E-state index is -0.284. The van der Waals surface area contributed by atoms with Crippen LogP contribution in [-0.4, -0.2) is 51.3 Å². The van der Waals surface area contributed by atoms with Crippen LogP contribution in [0.1, 0.15) is 22.4 Å². The van der Waals surface area contributed by atoms with E-state index in [0.29, 0.717) is 19.5 Å². The van der Waals surface area contributed by atoms with Crippen molar-refractivity contribution in [3.8, 4) is 22.4 Å². The van der Waals surface area contributed by atoms with E-state index in [1.165, 1.54) is 34.4 Å². The minimum Gasteiger partial charge on any atom is -0.340 e. The number of benzene rings is 3. The molecule has 6 rings (SSSR count). The van der Waals surface area contributed by atoms with Crippen LogP contribution in [0.2, 0.25) is 0 Å². The molecule has 0 bridgehead atoms. The molecule has 1 amide bonds. The van der Waals surface area contributed by atoms with Gasteiger partial charge in [-0.1, -0.05) is 66.2 Å². The quantitative estimate of drug-likeness (QED) is 0.257. The van der Waals surface area contributed by atoms with Gasteiger partial charge in [-0.2, -0.15) is 0 Å². The van der Waals surface area contributed by atoms with Crippen molar-refractivity contribution in [2.45, 2.75) is 26.8 Å². The lowest BCUT2D eigenvalue weighted by Gasteiger charge is -2.35. The molecule has 6 heteroatoms. The Bertz CT molecular complexity index is 1650. The Morgan fingerprint density at radius 2 is 1.60 bits per heavy atom. The zero-order chi connectivity index (χ0) is 27.6. The van der Waals surface area contributed by atoms with Crippen molar-refractivity contribution in [3.05, 3.63) is 119 Å². The smallest absolute Gasteiger partial charge is 0.227 e. The van der Waals surface area contributed by atoms with Gasteiger partial charge in [0.1, 0.15) is 11.5 Å². The van der Waals surface area contributed by atoms with Gasteiger partial charge in [-0.3, -0.25) is 9.69 Å². The second-order valence-electron chi connectivity index (χ2n) is 10.7. The van der Waals surface area contributed by atoms with Crippen LogP contribution in [-0.2, 0) is 17.8 Å². The molecule has 0 atom stereocenters. The molecule has 2 aromatic heterocycles. The fourth-order valence-corrected chi connectivity index (χ4v) is 5.53. The number of piperazine rings is 1. The lowest BCUT2D eigenvalue weighted by atomic mass is 10.00. The number of hydrogen-bond donors (Lipinski definition) is 0. The van der Waals surface area contributed by atoms with Crippen LogP contribution >= 0.6 is 0 Å². The summed E-state index contributed by atoms with van der Waals surface area (Å²) in [6.45, 7) is 7.93. The fourth-order valence-electron chi connectivity index (χ4n) is 5.53. The molecular formula is C34H33FN4O. The number of carbonyl (C=O) groups is 1. The van der Waals surface area contributed by atoms with Gasteiger partial charge in [-0.15, -0.1) is 0 Å². The van der Waals surface area contributed by atoms with Crippen LogP contribution in [0.25, 0.3) is 28.0 Å². The van der Waals surface area contributed by atoms with E-state index in [9.17, 15) is 9.18 Å². The maximum Gasteiger partial charge on any atom is 0.227 e. The summed E-state index contributed by atoms with van der Waals surface area (Å²) in [4.78, 5) is 22.3. The monoisotopic (exact) mass is 532 g/mol. The Morgan fingerprint density at radius 1 is 0.850 bits per heavy atom. The molecule has 0 unspecified atom stereocenters. The molecule has 1 aliphatic rings. The van der Waals surface area contributed by atoms with Gasteiger partial charge in [0.2, 0.25) is 5.91 Å². The van der Waals surface area contributed by atoms with E-state index in [0.717, 1.165) is 47.8 Å². The second-order valence-corrected chi connectivity index (χ2v) is 10.7. The number of fused-ring (bicyclic) bond motifs is 1. The standard InChI is InChI=1S/C34H33FN4O/c1-24-8-9-25(2)30(20-24)28-12-15-32-36-34(27-6-4-3-5-7-27)31(39(32)22-28)23-37-16-18-38(19-17-37)33(40)21-26-10-13-29(35)14-11-26/h3-15,20,22H,16-19,21,23H2,1-2H3. The van der Waals surface area contributed by atoms with Crippen molar-refractivity contribution in [1.29, 1.82) is 0 Å². The Morgan fingerprint density at radius 3 is 2.35 bits per heavy atom. The van der Waals surface area contributed by atoms with Crippen LogP contribution in [0.5, 0.6) is 0 Å². The molecule has 5 aromatic rings. The molecule has 3 aromatic carbocycles. The molecule has 1 aliphatic heterocycles. The number of amides is 1. The summed E-state index contributed by atoms with van der Waals surface area (Å²) < 4.78 is 15.5. The predicted molar refractivity (Wildman–Crippen MR) is 157 cm³/mol. The zero-order valence-electron chi connectivity index (χ0n) is 23.0. The summed E-state index contributed by atoms with van der Waals surface area (Å²) in [5.74, 6) is -0.197. The number of carbonyl (C=O) groups excluding carboxylic acids is 1. The maximum atomic E-state index is 13.2. The normalized spacial score (nSPS) is 14.1. The van der Waals surface area contributed by atoms with Gasteiger partial charge in [0.05, 0.1) is 17.8 Å². The van der Waals surface area contributed by atoms with Gasteiger partial charge in [0, 0.05) is 44.5 Å². The number of aryl methyl sites for hydroxylation is 2. The molecule has 5 nitrogen and oxygen atoms in total. The first-order valence-corrected chi connectivity index (χ1v) is 13.8. The predicted octanol–water partition coefficient (Wildman–Crippen LogP) is 6.31. The van der Waals surface area contributed by atoms with Crippen molar-refractivity contribution in [2.75, 3.05) is 26.2 Å². The zero-order valence-corrected chi connectivity index (χ0v) is 23.0. The molecule has 202 valence electrons. The van der Waals surface area contributed by atoms with E-state index in [4.69, 9.17) is 4.98 Å². The Labute approximate surface area is 234 Å². The average Bonchev–Trinajstić information content (AvgIpc) is 3.33. The highest BCUT2D eigenvalue weighted by molar-refractivity contribution is 5.79. The van der Waals surface area contributed by atoms with Gasteiger partial charge in [0.15, 0.2) is 0 Å². The van der Waals surface area contributed by atoms with Gasteiger partial charge in [-0.05, 0) is 60.4 Å². The third kappa shape index (κ3) is 5.40. The van der Waals surface area contributed by atoms with Crippen molar-refractivity contribution in [1.82, 2.24) is 19.2 Å². The van der Waals surface area contributed by atoms with E-state index < -0.39 is 0 Å². The third-order valence-corrected chi connectivity index (χ3v) is 7.84. The van der Waals surface area contributed by atoms with E-state index in [2.05, 4.69) is 83.9 Å². The number of hydrogen-bond acceptors (Lipinski definition) is 3. The second kappa shape index (κ2) is 11.1. The van der Waals surface area contributed by atoms with Crippen molar-refractivity contribution < 1.29 is 9.18 Å². The first-order chi connectivity index (χ1) is 19.4. The molecular weight excluding hydrogens is 499 g/mol. The Hall–Kier alpha value is -4.29. The summed E-state index contributed by atoms with van der Waals surface area (Å²) in [7, 11) is 0. The van der Waals surface area contributed by atoms with Crippen LogP contribution in [0.15, 0.2) is 91.1 Å². The maximum absolute atomic E-state index is 13.2. The van der Waals surface area contributed by atoms with Crippen LogP contribution < -0.4 is 0 Å². The first kappa shape index (κ1) is 26.0. The summed E-state index contributed by atoms with van der Waals surface area (Å²) >= 11 is 0. The SMILES string of the molecule is Cc1ccc(C)c(-c2ccc3nc(-c4ccccc4)c(CN4CCN(C(=O)Cc5ccc(F)cc5)CC4)n3c2)c1. The fraction of sp³-hybridized carbons (Fsp3) is 0.235. The van der Waals surface area contributed by atoms with E-state index in [1.807, 2.05) is 11.0 Å². The summed E-state index contributed by atoms with van der Waals surface area (Å²) in [6, 6.07) is 27.4. The highest BCUT2D eigenvalue weighted by Gasteiger charge is 2.24. The number of rotatable bonds is 6. The molecule has 0 saturated carbocycles. The molecule has 1 saturated heterocycles. The summed E-state index contributed by atoms with van der Waals surface area (Å²) in [5.41, 5.74) is 9.90. The summed E-state index contributed by atoms with van der Waals surface area (Å²) in [6.07, 6.45) is 2.52. The Balaban J connectivity index is 1.26. The Kier molecular flexibility index (Phi) is 7.18. The number of aromatic nitrogens is 2. The molecule has 0 N–H and O–H groups in total. The average molecular weight is 533 g/mol. The number of imidazole rings is 1. The van der Waals surface area contributed by atoms with Crippen molar-refractivity contribution in [2.24, 2.45) is 0 Å². The highest BCUT2D eigenvalue weighted by Crippen LogP contribution is 2.30. The third-order valence-electron chi connectivity index (χ3n) is 7.84. The van der Waals surface area contributed by atoms with E-state index in [1.54, 1.807) is 12.1 Å². The van der Waals surface area contributed by atoms with Gasteiger partial charge < -0.3 is 9.30 Å². The van der Waals surface area contributed by atoms with E-state index in [-0.39, 0.29) is 11.7 Å². The van der Waals surface area contributed by atoms with Crippen molar-refractivity contribution >= 4 is 11.6 Å². The van der Waals surface area contributed by atoms with E-state index >= 15 is 0 Å². The van der Waals surface area contributed by atoms with Crippen LogP contribution in [0.4, 0.5) is 4.39 Å². The van der Waals surface area contributed by atoms with Crippen LogP contribution in [0.3, 0.4) is 0 Å². The largest absolute Gasteiger partial charge is 0.340 e. The first-order valence-electron chi connectivity index (χ1n) is 13.8. The molecule has 0 aliphatic carbocycles. The lowest BCUT2D eigenvalue weighted by Crippen LogP contribution is -2.48. The molecule has 0 spiro atoms. The minimum absolute atomic E-state index is 0.0872. The van der Waals surface area contributed by atoms with Gasteiger partial charge >= 0.3 is 0 Å². The lowest BCUT2D eigenvalue weighted by molar-refractivity contribution is -0.132. The molecule has 3 heterocycles.